The maximum absolute atomic E-state index is 12.2. The van der Waals surface area contributed by atoms with Crippen molar-refractivity contribution in [2.24, 2.45) is 5.41 Å². The largest absolute Gasteiger partial charge is 0.465 e. The van der Waals surface area contributed by atoms with Crippen LogP contribution < -0.4 is 0 Å². The lowest BCUT2D eigenvalue weighted by Gasteiger charge is -2.36. The van der Waals surface area contributed by atoms with E-state index >= 15 is 0 Å². The van der Waals surface area contributed by atoms with Crippen molar-refractivity contribution in [1.82, 2.24) is 9.80 Å². The minimum atomic E-state index is -0.874. The van der Waals surface area contributed by atoms with Crippen molar-refractivity contribution in [2.45, 2.75) is 39.2 Å². The molecule has 2 fully saturated rings. The monoisotopic (exact) mass is 240 g/mol. The molecular formula is C12H20N2O3. The number of carboxylic acid groups (broad SMARTS) is 1. The molecule has 96 valence electrons. The van der Waals surface area contributed by atoms with Gasteiger partial charge in [0.05, 0.1) is 0 Å². The molecule has 2 heterocycles. The van der Waals surface area contributed by atoms with Crippen LogP contribution in [0.25, 0.3) is 0 Å². The van der Waals surface area contributed by atoms with E-state index < -0.39 is 6.09 Å². The van der Waals surface area contributed by atoms with Gasteiger partial charge in [0.1, 0.15) is 0 Å². The van der Waals surface area contributed by atoms with Gasteiger partial charge in [-0.15, -0.1) is 0 Å². The molecule has 2 aliphatic heterocycles. The Morgan fingerprint density at radius 1 is 1.41 bits per heavy atom. The molecular weight excluding hydrogens is 220 g/mol. The molecule has 5 nitrogen and oxygen atoms in total. The third-order valence-corrected chi connectivity index (χ3v) is 3.93. The van der Waals surface area contributed by atoms with Crippen LogP contribution in [-0.2, 0) is 4.79 Å². The van der Waals surface area contributed by atoms with Crippen molar-refractivity contribution in [3.05, 3.63) is 0 Å². The number of piperidine rings is 1. The molecule has 0 saturated carbocycles. The van der Waals surface area contributed by atoms with E-state index in [9.17, 15) is 9.59 Å². The Morgan fingerprint density at radius 2 is 2.12 bits per heavy atom. The first kappa shape index (κ1) is 12.2. The van der Waals surface area contributed by atoms with Gasteiger partial charge in [-0.05, 0) is 19.3 Å². The van der Waals surface area contributed by atoms with Gasteiger partial charge in [0.25, 0.3) is 0 Å². The predicted octanol–water partition coefficient (Wildman–Crippen LogP) is 1.39. The summed E-state index contributed by atoms with van der Waals surface area (Å²) in [6.45, 7) is 5.76. The smallest absolute Gasteiger partial charge is 0.407 e. The summed E-state index contributed by atoms with van der Waals surface area (Å²) < 4.78 is 0. The molecule has 2 aliphatic rings. The lowest BCUT2D eigenvalue weighted by molar-refractivity contribution is -0.137. The molecule has 2 rings (SSSR count). The van der Waals surface area contributed by atoms with Gasteiger partial charge in [0.15, 0.2) is 0 Å². The average molecular weight is 240 g/mol. The maximum Gasteiger partial charge on any atom is 0.407 e. The summed E-state index contributed by atoms with van der Waals surface area (Å²) in [5.41, 5.74) is -0.272. The van der Waals surface area contributed by atoms with Crippen molar-refractivity contribution in [1.29, 1.82) is 0 Å². The lowest BCUT2D eigenvalue weighted by Crippen LogP contribution is -2.50. The second-order valence-corrected chi connectivity index (χ2v) is 5.66. The van der Waals surface area contributed by atoms with E-state index in [1.807, 2.05) is 18.7 Å². The molecule has 0 aromatic heterocycles. The quantitative estimate of drug-likeness (QED) is 0.753. The van der Waals surface area contributed by atoms with Gasteiger partial charge in [-0.25, -0.2) is 4.79 Å². The minimum Gasteiger partial charge on any atom is -0.465 e. The Bertz CT molecular complexity index is 341. The number of likely N-dealkylation sites (tertiary alicyclic amines) is 2. The van der Waals surface area contributed by atoms with Crippen LogP contribution in [0.5, 0.6) is 0 Å². The van der Waals surface area contributed by atoms with Crippen LogP contribution in [0.2, 0.25) is 0 Å². The number of rotatable bonds is 1. The van der Waals surface area contributed by atoms with Crippen LogP contribution >= 0.6 is 0 Å². The Labute approximate surface area is 101 Å². The topological polar surface area (TPSA) is 60.9 Å². The Hall–Kier alpha value is -1.26. The highest BCUT2D eigenvalue weighted by Gasteiger charge is 2.42. The molecule has 1 unspecified atom stereocenters. The lowest BCUT2D eigenvalue weighted by atomic mass is 9.92. The van der Waals surface area contributed by atoms with E-state index in [2.05, 4.69) is 0 Å². The molecule has 0 radical (unpaired) electrons. The number of carbonyl (C=O) groups is 2. The number of nitrogens with zero attached hydrogens (tertiary/aromatic N) is 2. The molecule has 2 saturated heterocycles. The van der Waals surface area contributed by atoms with Crippen molar-refractivity contribution in [3.63, 3.8) is 0 Å². The first-order valence-electron chi connectivity index (χ1n) is 6.21. The fourth-order valence-electron chi connectivity index (χ4n) is 2.73. The van der Waals surface area contributed by atoms with E-state index in [-0.39, 0.29) is 17.4 Å². The van der Waals surface area contributed by atoms with Gasteiger partial charge in [0, 0.05) is 31.1 Å². The van der Waals surface area contributed by atoms with Crippen LogP contribution in [0, 0.1) is 5.41 Å². The van der Waals surface area contributed by atoms with E-state index in [4.69, 9.17) is 5.11 Å². The minimum absolute atomic E-state index is 0.0779. The fourth-order valence-corrected chi connectivity index (χ4v) is 2.73. The van der Waals surface area contributed by atoms with Crippen LogP contribution in [0.3, 0.4) is 0 Å². The zero-order valence-corrected chi connectivity index (χ0v) is 10.5. The standard InChI is InChI=1S/C12H20N2O3/c1-12(2)5-7-14(10(12)15)9-4-3-6-13(8-9)11(16)17/h9H,3-8H2,1-2H3,(H,16,17). The van der Waals surface area contributed by atoms with E-state index in [0.29, 0.717) is 13.1 Å². The fraction of sp³-hybridized carbons (Fsp3) is 0.833. The Kier molecular flexibility index (Phi) is 3.02. The molecule has 1 N–H and O–H groups in total. The molecule has 5 heteroatoms. The van der Waals surface area contributed by atoms with E-state index in [0.717, 1.165) is 25.8 Å². The Balaban J connectivity index is 2.04. The summed E-state index contributed by atoms with van der Waals surface area (Å²) in [4.78, 5) is 26.4. The van der Waals surface area contributed by atoms with Crippen LogP contribution in [0.1, 0.15) is 33.1 Å². The van der Waals surface area contributed by atoms with E-state index in [1.54, 1.807) is 0 Å². The first-order valence-corrected chi connectivity index (χ1v) is 6.21. The summed E-state index contributed by atoms with van der Waals surface area (Å²) in [5, 5.41) is 8.99. The molecule has 0 aromatic carbocycles. The highest BCUT2D eigenvalue weighted by Crippen LogP contribution is 2.33. The molecule has 0 spiro atoms. The van der Waals surface area contributed by atoms with Gasteiger partial charge >= 0.3 is 6.09 Å². The van der Waals surface area contributed by atoms with Crippen molar-refractivity contribution < 1.29 is 14.7 Å². The van der Waals surface area contributed by atoms with Gasteiger partial charge in [0.2, 0.25) is 5.91 Å². The molecule has 17 heavy (non-hydrogen) atoms. The highest BCUT2D eigenvalue weighted by molar-refractivity contribution is 5.84. The first-order chi connectivity index (χ1) is 7.92. The van der Waals surface area contributed by atoms with Crippen molar-refractivity contribution >= 4 is 12.0 Å². The predicted molar refractivity (Wildman–Crippen MR) is 62.7 cm³/mol. The molecule has 0 aliphatic carbocycles. The summed E-state index contributed by atoms with van der Waals surface area (Å²) in [7, 11) is 0. The maximum atomic E-state index is 12.2. The number of hydrogen-bond acceptors (Lipinski definition) is 2. The summed E-state index contributed by atoms with van der Waals surface area (Å²) in [6, 6.07) is 0.0779. The highest BCUT2D eigenvalue weighted by atomic mass is 16.4. The SMILES string of the molecule is CC1(C)CCN(C2CCCN(C(=O)O)C2)C1=O. The zero-order chi connectivity index (χ0) is 12.6. The summed E-state index contributed by atoms with van der Waals surface area (Å²) in [6.07, 6.45) is 1.77. The van der Waals surface area contributed by atoms with Gasteiger partial charge in [-0.1, -0.05) is 13.8 Å². The summed E-state index contributed by atoms with van der Waals surface area (Å²) >= 11 is 0. The normalized spacial score (nSPS) is 28.6. The molecule has 0 bridgehead atoms. The zero-order valence-electron chi connectivity index (χ0n) is 10.5. The summed E-state index contributed by atoms with van der Waals surface area (Å²) in [5.74, 6) is 0.176. The van der Waals surface area contributed by atoms with Gasteiger partial charge in [-0.2, -0.15) is 0 Å². The van der Waals surface area contributed by atoms with Gasteiger partial charge < -0.3 is 14.9 Å². The van der Waals surface area contributed by atoms with E-state index in [1.165, 1.54) is 4.90 Å². The second-order valence-electron chi connectivity index (χ2n) is 5.66. The molecule has 1 atom stereocenters. The van der Waals surface area contributed by atoms with Crippen LogP contribution in [-0.4, -0.2) is 52.6 Å². The second kappa shape index (κ2) is 4.20. The Morgan fingerprint density at radius 3 is 2.65 bits per heavy atom. The van der Waals surface area contributed by atoms with Crippen LogP contribution in [0.15, 0.2) is 0 Å². The third kappa shape index (κ3) is 2.23. The van der Waals surface area contributed by atoms with Crippen molar-refractivity contribution in [3.8, 4) is 0 Å². The molecule has 0 aromatic rings. The van der Waals surface area contributed by atoms with Crippen molar-refractivity contribution in [2.75, 3.05) is 19.6 Å². The number of carbonyl (C=O) groups excluding carboxylic acids is 1. The van der Waals surface area contributed by atoms with Crippen LogP contribution in [0.4, 0.5) is 4.79 Å². The number of hydrogen-bond donors (Lipinski definition) is 1. The van der Waals surface area contributed by atoms with Gasteiger partial charge in [-0.3, -0.25) is 4.79 Å². The average Bonchev–Trinajstić information content (AvgIpc) is 2.54. The number of amides is 2. The molecule has 2 amide bonds. The third-order valence-electron chi connectivity index (χ3n) is 3.93.